The van der Waals surface area contributed by atoms with E-state index in [0.29, 0.717) is 0 Å². The van der Waals surface area contributed by atoms with Crippen LogP contribution in [0.2, 0.25) is 0 Å². The summed E-state index contributed by atoms with van der Waals surface area (Å²) in [6.45, 7) is 0. The van der Waals surface area contributed by atoms with Gasteiger partial charge in [0.15, 0.2) is 0 Å². The van der Waals surface area contributed by atoms with Crippen LogP contribution in [0, 0.1) is 5.82 Å². The fourth-order valence-electron chi connectivity index (χ4n) is 7.36. The van der Waals surface area contributed by atoms with Crippen molar-refractivity contribution in [3.63, 3.8) is 0 Å². The smallest absolute Gasteiger partial charge is 0.124 e. The predicted octanol–water partition coefficient (Wildman–Crippen LogP) is 12.1. The quantitative estimate of drug-likeness (QED) is 0.189. The van der Waals surface area contributed by atoms with Crippen molar-refractivity contribution in [3.05, 3.63) is 157 Å². The number of hydrogen-bond acceptors (Lipinski definition) is 1. The van der Waals surface area contributed by atoms with Gasteiger partial charge in [-0.1, -0.05) is 84.9 Å². The first kappa shape index (κ1) is 25.6. The predicted molar refractivity (Wildman–Crippen MR) is 193 cm³/mol. The molecule has 216 valence electrons. The van der Waals surface area contributed by atoms with Crippen molar-refractivity contribution in [1.82, 2.24) is 9.13 Å². The Bertz CT molecular complexity index is 2800. The van der Waals surface area contributed by atoms with Crippen LogP contribution in [-0.2, 0) is 0 Å². The minimum Gasteiger partial charge on any atom is -0.309 e. The molecule has 46 heavy (non-hydrogen) atoms. The SMILES string of the molecule is Fc1cc(-c2ccc(-n3c4ccccc4c4cc5c6ccccc6n(-c6ccccc6)c5cc43)cc2)c2sc3ccccc3c2c1. The lowest BCUT2D eigenvalue weighted by molar-refractivity contribution is 0.630. The third kappa shape index (κ3) is 3.62. The van der Waals surface area contributed by atoms with Gasteiger partial charge in [0, 0.05) is 58.7 Å². The van der Waals surface area contributed by atoms with Crippen molar-refractivity contribution in [2.24, 2.45) is 0 Å². The van der Waals surface area contributed by atoms with Crippen molar-refractivity contribution in [1.29, 1.82) is 0 Å². The van der Waals surface area contributed by atoms with Crippen LogP contribution in [0.25, 0.3) is 86.3 Å². The van der Waals surface area contributed by atoms with Crippen molar-refractivity contribution in [3.8, 4) is 22.5 Å². The van der Waals surface area contributed by atoms with E-state index in [0.717, 1.165) is 49.0 Å². The molecule has 3 heterocycles. The zero-order chi connectivity index (χ0) is 30.4. The standard InChI is InChI=1S/C42H25FN2S/c43-27-22-33(42-36(23-27)32-14-6-9-17-41(32)46-42)26-18-20-29(21-19-26)45-38-16-8-5-13-31(38)35-24-34-30-12-4-7-15-37(30)44(39(34)25-40(35)45)28-10-2-1-3-11-28/h1-25H. The Hall–Kier alpha value is -5.71. The molecule has 0 unspecified atom stereocenters. The molecule has 0 saturated heterocycles. The number of rotatable bonds is 3. The van der Waals surface area contributed by atoms with Crippen molar-refractivity contribution >= 4 is 75.1 Å². The average molecular weight is 609 g/mol. The molecule has 10 rings (SSSR count). The van der Waals surface area contributed by atoms with E-state index in [1.807, 2.05) is 12.1 Å². The fourth-order valence-corrected chi connectivity index (χ4v) is 8.58. The van der Waals surface area contributed by atoms with Crippen LogP contribution in [0.3, 0.4) is 0 Å². The Morgan fingerprint density at radius 3 is 1.65 bits per heavy atom. The van der Waals surface area contributed by atoms with Gasteiger partial charge in [-0.3, -0.25) is 0 Å². The summed E-state index contributed by atoms with van der Waals surface area (Å²) in [5.74, 6) is -0.213. The number of benzene rings is 7. The van der Waals surface area contributed by atoms with Crippen LogP contribution in [-0.4, -0.2) is 9.13 Å². The van der Waals surface area contributed by atoms with Crippen LogP contribution in [0.15, 0.2) is 152 Å². The summed E-state index contributed by atoms with van der Waals surface area (Å²) in [5.41, 5.74) is 8.83. The summed E-state index contributed by atoms with van der Waals surface area (Å²) in [7, 11) is 0. The molecule has 0 spiro atoms. The molecule has 3 aromatic heterocycles. The summed E-state index contributed by atoms with van der Waals surface area (Å²) in [5, 5.41) is 7.00. The van der Waals surface area contributed by atoms with Crippen molar-refractivity contribution in [2.75, 3.05) is 0 Å². The lowest BCUT2D eigenvalue weighted by Crippen LogP contribution is -1.96. The molecule has 4 heteroatoms. The molecule has 0 aliphatic heterocycles. The van der Waals surface area contributed by atoms with E-state index in [-0.39, 0.29) is 5.82 Å². The molecule has 10 aromatic rings. The number of nitrogens with zero attached hydrogens (tertiary/aromatic N) is 2. The topological polar surface area (TPSA) is 9.86 Å². The van der Waals surface area contributed by atoms with E-state index < -0.39 is 0 Å². The Kier molecular flexibility index (Phi) is 5.37. The summed E-state index contributed by atoms with van der Waals surface area (Å²) < 4.78 is 22.0. The molecule has 0 N–H and O–H groups in total. The van der Waals surface area contributed by atoms with Gasteiger partial charge in [-0.25, -0.2) is 4.39 Å². The van der Waals surface area contributed by atoms with Gasteiger partial charge in [0.25, 0.3) is 0 Å². The highest BCUT2D eigenvalue weighted by atomic mass is 32.1. The Morgan fingerprint density at radius 1 is 0.413 bits per heavy atom. The molecule has 0 atom stereocenters. The monoisotopic (exact) mass is 608 g/mol. The van der Waals surface area contributed by atoms with Gasteiger partial charge in [0.1, 0.15) is 5.82 Å². The number of thiophene rings is 1. The highest BCUT2D eigenvalue weighted by Gasteiger charge is 2.19. The molecular weight excluding hydrogens is 584 g/mol. The summed E-state index contributed by atoms with van der Waals surface area (Å²) >= 11 is 1.73. The van der Waals surface area contributed by atoms with Gasteiger partial charge >= 0.3 is 0 Å². The maximum absolute atomic E-state index is 15.0. The summed E-state index contributed by atoms with van der Waals surface area (Å²) in [4.78, 5) is 0. The normalized spacial score (nSPS) is 12.0. The average Bonchev–Trinajstić information content (AvgIpc) is 3.75. The van der Waals surface area contributed by atoms with Gasteiger partial charge in [0.2, 0.25) is 0 Å². The maximum Gasteiger partial charge on any atom is 0.124 e. The molecule has 2 nitrogen and oxygen atoms in total. The highest BCUT2D eigenvalue weighted by molar-refractivity contribution is 7.26. The van der Waals surface area contributed by atoms with E-state index in [1.165, 1.54) is 37.3 Å². The second-order valence-corrected chi connectivity index (χ2v) is 13.0. The van der Waals surface area contributed by atoms with Crippen LogP contribution in [0.5, 0.6) is 0 Å². The second kappa shape index (κ2) is 9.64. The number of para-hydroxylation sites is 3. The van der Waals surface area contributed by atoms with Crippen LogP contribution >= 0.6 is 11.3 Å². The summed E-state index contributed by atoms with van der Waals surface area (Å²) in [6.07, 6.45) is 0. The van der Waals surface area contributed by atoms with E-state index >= 15 is 0 Å². The van der Waals surface area contributed by atoms with Gasteiger partial charge in [-0.15, -0.1) is 11.3 Å². The third-order valence-electron chi connectivity index (χ3n) is 9.36. The minimum absolute atomic E-state index is 0.213. The van der Waals surface area contributed by atoms with Gasteiger partial charge in [-0.2, -0.15) is 0 Å². The second-order valence-electron chi connectivity index (χ2n) is 11.9. The first-order chi connectivity index (χ1) is 22.7. The van der Waals surface area contributed by atoms with Crippen LogP contribution < -0.4 is 0 Å². The number of fused-ring (bicyclic) bond motifs is 9. The molecule has 0 saturated carbocycles. The molecule has 0 aliphatic carbocycles. The maximum atomic E-state index is 15.0. The molecule has 0 bridgehead atoms. The Morgan fingerprint density at radius 2 is 0.978 bits per heavy atom. The Labute approximate surface area is 267 Å². The molecule has 0 amide bonds. The van der Waals surface area contributed by atoms with E-state index in [9.17, 15) is 4.39 Å². The molecular formula is C42H25FN2S. The largest absolute Gasteiger partial charge is 0.309 e. The Balaban J connectivity index is 1.22. The summed E-state index contributed by atoms with van der Waals surface area (Å²) in [6, 6.07) is 52.8. The third-order valence-corrected chi connectivity index (χ3v) is 10.6. The number of halogens is 1. The lowest BCUT2D eigenvalue weighted by Gasteiger charge is -2.11. The molecule has 7 aromatic carbocycles. The van der Waals surface area contributed by atoms with Crippen molar-refractivity contribution in [2.45, 2.75) is 0 Å². The van der Waals surface area contributed by atoms with Crippen molar-refractivity contribution < 1.29 is 4.39 Å². The number of aromatic nitrogens is 2. The van der Waals surface area contributed by atoms with Crippen LogP contribution in [0.1, 0.15) is 0 Å². The lowest BCUT2D eigenvalue weighted by atomic mass is 10.0. The van der Waals surface area contributed by atoms with Crippen LogP contribution in [0.4, 0.5) is 4.39 Å². The highest BCUT2D eigenvalue weighted by Crippen LogP contribution is 2.42. The van der Waals surface area contributed by atoms with Gasteiger partial charge in [0.05, 0.1) is 22.1 Å². The zero-order valence-corrected chi connectivity index (χ0v) is 25.4. The molecule has 0 fully saturated rings. The minimum atomic E-state index is -0.213. The first-order valence-corrected chi connectivity index (χ1v) is 16.3. The first-order valence-electron chi connectivity index (χ1n) is 15.5. The number of hydrogen-bond donors (Lipinski definition) is 0. The van der Waals surface area contributed by atoms with E-state index in [1.54, 1.807) is 23.5 Å². The van der Waals surface area contributed by atoms with Gasteiger partial charge in [-0.05, 0) is 72.3 Å². The molecule has 0 aliphatic rings. The fraction of sp³-hybridized carbons (Fsp3) is 0. The zero-order valence-electron chi connectivity index (χ0n) is 24.6. The van der Waals surface area contributed by atoms with Gasteiger partial charge < -0.3 is 9.13 Å². The van der Waals surface area contributed by atoms with E-state index in [2.05, 4.69) is 137 Å². The van der Waals surface area contributed by atoms with E-state index in [4.69, 9.17) is 0 Å². The molecule has 0 radical (unpaired) electrons.